The van der Waals surface area contributed by atoms with E-state index >= 15 is 0 Å². The number of nitrogens with one attached hydrogen (secondary N) is 1. The highest BCUT2D eigenvalue weighted by Crippen LogP contribution is 2.22. The summed E-state index contributed by atoms with van der Waals surface area (Å²) in [5.41, 5.74) is 3.83. The molecule has 0 bridgehead atoms. The predicted octanol–water partition coefficient (Wildman–Crippen LogP) is 5.41. The maximum Gasteiger partial charge on any atom is 0.247 e. The lowest BCUT2D eigenvalue weighted by Crippen LogP contribution is -2.46. The third-order valence-electron chi connectivity index (χ3n) is 5.73. The lowest BCUT2D eigenvalue weighted by molar-refractivity contribution is -0.133. The summed E-state index contributed by atoms with van der Waals surface area (Å²) in [4.78, 5) is 25.0. The van der Waals surface area contributed by atoms with Gasteiger partial charge in [-0.3, -0.25) is 4.79 Å². The Balaban J connectivity index is 1.86. The van der Waals surface area contributed by atoms with E-state index < -0.39 is 6.04 Å². The van der Waals surface area contributed by atoms with Crippen LogP contribution in [-0.2, 0) is 16.1 Å². The molecule has 1 N–H and O–H groups in total. The molecule has 1 atom stereocenters. The Labute approximate surface area is 203 Å². The maximum absolute atomic E-state index is 13.6. The molecule has 0 aliphatic carbocycles. The number of hydrogen-bond acceptors (Lipinski definition) is 5. The van der Waals surface area contributed by atoms with Crippen molar-refractivity contribution < 1.29 is 9.53 Å². The molecule has 1 unspecified atom stereocenters. The molecular weight excluding hydrogens is 424 g/mol. The van der Waals surface area contributed by atoms with Crippen LogP contribution in [0.15, 0.2) is 60.7 Å². The molecule has 0 fully saturated rings. The van der Waals surface area contributed by atoms with Crippen molar-refractivity contribution in [2.75, 3.05) is 25.0 Å². The summed E-state index contributed by atoms with van der Waals surface area (Å²) in [6.45, 7) is 10.3. The van der Waals surface area contributed by atoms with Crippen LogP contribution >= 0.6 is 0 Å². The fourth-order valence-corrected chi connectivity index (χ4v) is 3.79. The van der Waals surface area contributed by atoms with Crippen LogP contribution in [0.3, 0.4) is 0 Å². The summed E-state index contributed by atoms with van der Waals surface area (Å²) in [6, 6.07) is 19.4. The quantitative estimate of drug-likeness (QED) is 0.392. The topological polar surface area (TPSA) is 67.3 Å². The Hall–Kier alpha value is -3.25. The molecule has 2 aromatic carbocycles. The lowest BCUT2D eigenvalue weighted by Gasteiger charge is -2.28. The van der Waals surface area contributed by atoms with Crippen LogP contribution < -0.4 is 5.32 Å². The smallest absolute Gasteiger partial charge is 0.247 e. The highest BCUT2D eigenvalue weighted by Gasteiger charge is 2.25. The van der Waals surface area contributed by atoms with Gasteiger partial charge in [-0.25, -0.2) is 9.97 Å². The summed E-state index contributed by atoms with van der Waals surface area (Å²) in [5, 5.41) is 3.41. The molecule has 0 radical (unpaired) electrons. The fraction of sp³-hybridized carbons (Fsp3) is 0.393. The molecular formula is C28H36N4O2. The first-order valence-electron chi connectivity index (χ1n) is 12.1. The van der Waals surface area contributed by atoms with Gasteiger partial charge in [-0.15, -0.1) is 0 Å². The van der Waals surface area contributed by atoms with Crippen molar-refractivity contribution in [2.24, 2.45) is 0 Å². The number of benzene rings is 2. The molecule has 0 aliphatic rings. The Bertz CT molecular complexity index is 1040. The van der Waals surface area contributed by atoms with Crippen LogP contribution in [0, 0.1) is 13.8 Å². The number of carbonyl (C=O) groups excluding carboxylic acids is 1. The second kappa shape index (κ2) is 12.8. The first-order chi connectivity index (χ1) is 16.5. The molecule has 1 amide bonds. The minimum atomic E-state index is -0.543. The van der Waals surface area contributed by atoms with Crippen LogP contribution in [0.2, 0.25) is 0 Å². The van der Waals surface area contributed by atoms with Crippen molar-refractivity contribution in [3.8, 4) is 11.4 Å². The standard InChI is InChI=1S/C28H36N4O2/c1-5-17-32(18-6-2)28(33)25(20-34-19-23-13-9-7-10-14-23)30-26-21(3)22(4)29-27(31-26)24-15-11-8-12-16-24/h7-16,25H,5-6,17-20H2,1-4H3,(H,29,30,31). The van der Waals surface area contributed by atoms with E-state index in [4.69, 9.17) is 9.72 Å². The van der Waals surface area contributed by atoms with Crippen LogP contribution in [0.4, 0.5) is 5.82 Å². The highest BCUT2D eigenvalue weighted by molar-refractivity contribution is 5.85. The number of ether oxygens (including phenoxy) is 1. The SMILES string of the molecule is CCCN(CCC)C(=O)C(COCc1ccccc1)Nc1nc(-c2ccccc2)nc(C)c1C. The zero-order valence-corrected chi connectivity index (χ0v) is 20.8. The van der Waals surface area contributed by atoms with E-state index in [1.807, 2.05) is 79.4 Å². The molecule has 0 spiro atoms. The minimum Gasteiger partial charge on any atom is -0.374 e. The number of carbonyl (C=O) groups is 1. The van der Waals surface area contributed by atoms with Gasteiger partial charge in [-0.05, 0) is 32.3 Å². The van der Waals surface area contributed by atoms with Gasteiger partial charge in [0.25, 0.3) is 0 Å². The van der Waals surface area contributed by atoms with Gasteiger partial charge < -0.3 is 15.0 Å². The van der Waals surface area contributed by atoms with Crippen LogP contribution in [0.25, 0.3) is 11.4 Å². The number of aromatic nitrogens is 2. The molecule has 180 valence electrons. The average molecular weight is 461 g/mol. The van der Waals surface area contributed by atoms with Crippen molar-refractivity contribution in [1.82, 2.24) is 14.9 Å². The second-order valence-electron chi connectivity index (χ2n) is 8.50. The predicted molar refractivity (Wildman–Crippen MR) is 138 cm³/mol. The second-order valence-corrected chi connectivity index (χ2v) is 8.50. The van der Waals surface area contributed by atoms with E-state index in [1.54, 1.807) is 0 Å². The van der Waals surface area contributed by atoms with E-state index in [0.29, 0.717) is 18.2 Å². The molecule has 1 heterocycles. The van der Waals surface area contributed by atoms with E-state index in [9.17, 15) is 4.79 Å². The van der Waals surface area contributed by atoms with Crippen LogP contribution in [0.1, 0.15) is 43.5 Å². The Morgan fingerprint density at radius 2 is 1.56 bits per heavy atom. The third-order valence-corrected chi connectivity index (χ3v) is 5.73. The minimum absolute atomic E-state index is 0.0358. The van der Waals surface area contributed by atoms with E-state index in [1.165, 1.54) is 0 Å². The monoisotopic (exact) mass is 460 g/mol. The molecule has 3 aromatic rings. The van der Waals surface area contributed by atoms with Crippen molar-refractivity contribution in [3.63, 3.8) is 0 Å². The first-order valence-corrected chi connectivity index (χ1v) is 12.1. The van der Waals surface area contributed by atoms with Crippen LogP contribution in [-0.4, -0.2) is 46.5 Å². The van der Waals surface area contributed by atoms with Gasteiger partial charge in [-0.2, -0.15) is 0 Å². The molecule has 0 aliphatic heterocycles. The normalized spacial score (nSPS) is 11.8. The van der Waals surface area contributed by atoms with Gasteiger partial charge in [0.1, 0.15) is 11.9 Å². The molecule has 0 saturated carbocycles. The highest BCUT2D eigenvalue weighted by atomic mass is 16.5. The maximum atomic E-state index is 13.6. The largest absolute Gasteiger partial charge is 0.374 e. The molecule has 1 aromatic heterocycles. The number of nitrogens with zero attached hydrogens (tertiary/aromatic N) is 3. The molecule has 34 heavy (non-hydrogen) atoms. The fourth-order valence-electron chi connectivity index (χ4n) is 3.79. The first kappa shape index (κ1) is 25.4. The van der Waals surface area contributed by atoms with Gasteiger partial charge >= 0.3 is 0 Å². The van der Waals surface area contributed by atoms with Crippen molar-refractivity contribution in [1.29, 1.82) is 0 Å². The number of amides is 1. The van der Waals surface area contributed by atoms with Crippen LogP contribution in [0.5, 0.6) is 0 Å². The lowest BCUT2D eigenvalue weighted by atomic mass is 10.1. The number of anilines is 1. The van der Waals surface area contributed by atoms with E-state index in [2.05, 4.69) is 24.1 Å². The van der Waals surface area contributed by atoms with Gasteiger partial charge in [0, 0.05) is 29.9 Å². The summed E-state index contributed by atoms with van der Waals surface area (Å²) < 4.78 is 6.01. The number of rotatable bonds is 12. The summed E-state index contributed by atoms with van der Waals surface area (Å²) in [7, 11) is 0. The van der Waals surface area contributed by atoms with E-state index in [-0.39, 0.29) is 12.5 Å². The zero-order chi connectivity index (χ0) is 24.3. The molecule has 6 nitrogen and oxygen atoms in total. The van der Waals surface area contributed by atoms with Gasteiger partial charge in [0.2, 0.25) is 5.91 Å². The summed E-state index contributed by atoms with van der Waals surface area (Å²) >= 11 is 0. The molecule has 3 rings (SSSR count). The molecule has 0 saturated heterocycles. The van der Waals surface area contributed by atoms with Crippen molar-refractivity contribution in [3.05, 3.63) is 77.5 Å². The van der Waals surface area contributed by atoms with Gasteiger partial charge in [0.05, 0.1) is 13.2 Å². The molecule has 6 heteroatoms. The average Bonchev–Trinajstić information content (AvgIpc) is 2.86. The number of aryl methyl sites for hydroxylation is 1. The number of hydrogen-bond donors (Lipinski definition) is 1. The van der Waals surface area contributed by atoms with Gasteiger partial charge in [-0.1, -0.05) is 74.5 Å². The Morgan fingerprint density at radius 1 is 0.941 bits per heavy atom. The van der Waals surface area contributed by atoms with Crippen molar-refractivity contribution in [2.45, 2.75) is 53.2 Å². The summed E-state index contributed by atoms with van der Waals surface area (Å²) in [6.07, 6.45) is 1.82. The third kappa shape index (κ3) is 6.87. The summed E-state index contributed by atoms with van der Waals surface area (Å²) in [5.74, 6) is 1.34. The Morgan fingerprint density at radius 3 is 2.18 bits per heavy atom. The van der Waals surface area contributed by atoms with Crippen molar-refractivity contribution >= 4 is 11.7 Å². The Kier molecular flexibility index (Phi) is 9.59. The van der Waals surface area contributed by atoms with E-state index in [0.717, 1.165) is 48.3 Å². The zero-order valence-electron chi connectivity index (χ0n) is 20.8. The van der Waals surface area contributed by atoms with Gasteiger partial charge in [0.15, 0.2) is 5.82 Å².